The van der Waals surface area contributed by atoms with Crippen molar-refractivity contribution in [1.29, 1.82) is 0 Å². The van der Waals surface area contributed by atoms with Gasteiger partial charge in [0.1, 0.15) is 0 Å². The Labute approximate surface area is 84.8 Å². The first-order valence-corrected chi connectivity index (χ1v) is 5.71. The van der Waals surface area contributed by atoms with Crippen LogP contribution in [-0.2, 0) is 4.79 Å². The van der Waals surface area contributed by atoms with Crippen molar-refractivity contribution >= 4 is 5.91 Å². The molecule has 3 aliphatic rings. The number of hydrogen-bond acceptors (Lipinski definition) is 1. The maximum atomic E-state index is 11.4. The van der Waals surface area contributed by atoms with Crippen LogP contribution in [0.1, 0.15) is 39.0 Å². The average Bonchev–Trinajstić information content (AvgIpc) is 2.55. The van der Waals surface area contributed by atoms with Gasteiger partial charge in [-0.3, -0.25) is 4.79 Å². The number of nitrogens with one attached hydrogen (secondary N) is 1. The Hall–Kier alpha value is -0.790. The molecule has 3 atom stereocenters. The Kier molecular flexibility index (Phi) is 1.59. The summed E-state index contributed by atoms with van der Waals surface area (Å²) in [5.74, 6) is 1.60. The lowest BCUT2D eigenvalue weighted by Gasteiger charge is -2.29. The van der Waals surface area contributed by atoms with Crippen LogP contribution in [0, 0.1) is 11.8 Å². The molecule has 1 saturated carbocycles. The standard InChI is InChI=1S/C12H17NO/c1-12-9(7-11(14)13-12)6-8-4-2-3-5-10(8)12/h5,8-9H,2-4,6-7H2,1H3,(H,13,14)/t8-,9+,12?/m0/s1. The summed E-state index contributed by atoms with van der Waals surface area (Å²) in [7, 11) is 0. The van der Waals surface area contributed by atoms with Crippen LogP contribution < -0.4 is 5.32 Å². The molecule has 1 N–H and O–H groups in total. The Balaban J connectivity index is 2.00. The van der Waals surface area contributed by atoms with E-state index in [0.29, 0.717) is 5.92 Å². The molecule has 0 aromatic rings. The highest BCUT2D eigenvalue weighted by Crippen LogP contribution is 2.51. The molecule has 0 aromatic carbocycles. The van der Waals surface area contributed by atoms with Gasteiger partial charge in [-0.25, -0.2) is 0 Å². The van der Waals surface area contributed by atoms with Crippen molar-refractivity contribution in [2.45, 2.75) is 44.6 Å². The van der Waals surface area contributed by atoms with Gasteiger partial charge in [-0.05, 0) is 50.0 Å². The molecule has 1 unspecified atom stereocenters. The maximum Gasteiger partial charge on any atom is 0.221 e. The molecule has 2 nitrogen and oxygen atoms in total. The summed E-state index contributed by atoms with van der Waals surface area (Å²) in [6.45, 7) is 2.22. The van der Waals surface area contributed by atoms with Crippen LogP contribution in [0.5, 0.6) is 0 Å². The van der Waals surface area contributed by atoms with E-state index >= 15 is 0 Å². The Bertz CT molecular complexity index is 320. The van der Waals surface area contributed by atoms with E-state index in [-0.39, 0.29) is 11.4 Å². The number of rotatable bonds is 0. The Morgan fingerprint density at radius 3 is 3.29 bits per heavy atom. The van der Waals surface area contributed by atoms with E-state index in [1.165, 1.54) is 25.7 Å². The first-order chi connectivity index (χ1) is 6.70. The van der Waals surface area contributed by atoms with Gasteiger partial charge in [0.25, 0.3) is 0 Å². The second-order valence-electron chi connectivity index (χ2n) is 5.17. The molecule has 1 saturated heterocycles. The molecule has 76 valence electrons. The maximum absolute atomic E-state index is 11.4. The van der Waals surface area contributed by atoms with E-state index in [2.05, 4.69) is 18.3 Å². The lowest BCUT2D eigenvalue weighted by molar-refractivity contribution is -0.119. The average molecular weight is 191 g/mol. The number of amides is 1. The first-order valence-electron chi connectivity index (χ1n) is 5.71. The van der Waals surface area contributed by atoms with E-state index in [1.807, 2.05) is 0 Å². The summed E-state index contributed by atoms with van der Waals surface area (Å²) in [5, 5.41) is 3.18. The van der Waals surface area contributed by atoms with Crippen LogP contribution in [0.3, 0.4) is 0 Å². The van der Waals surface area contributed by atoms with Gasteiger partial charge in [0, 0.05) is 6.42 Å². The smallest absolute Gasteiger partial charge is 0.221 e. The van der Waals surface area contributed by atoms with Gasteiger partial charge in [0.05, 0.1) is 5.54 Å². The number of carbonyl (C=O) groups is 1. The van der Waals surface area contributed by atoms with Crippen LogP contribution >= 0.6 is 0 Å². The van der Waals surface area contributed by atoms with Crippen molar-refractivity contribution in [3.8, 4) is 0 Å². The van der Waals surface area contributed by atoms with Gasteiger partial charge in [-0.2, -0.15) is 0 Å². The SMILES string of the molecule is CC12NC(=O)C[C@H]1C[C@@H]1CCCC=C12. The van der Waals surface area contributed by atoms with Gasteiger partial charge < -0.3 is 5.32 Å². The third-order valence-corrected chi connectivity index (χ3v) is 4.38. The topological polar surface area (TPSA) is 29.1 Å². The Morgan fingerprint density at radius 2 is 2.43 bits per heavy atom. The fraction of sp³-hybridized carbons (Fsp3) is 0.750. The molecule has 0 spiro atoms. The number of fused-ring (bicyclic) bond motifs is 3. The molecular weight excluding hydrogens is 174 g/mol. The van der Waals surface area contributed by atoms with Crippen LogP contribution in [0.25, 0.3) is 0 Å². The van der Waals surface area contributed by atoms with Gasteiger partial charge >= 0.3 is 0 Å². The van der Waals surface area contributed by atoms with E-state index < -0.39 is 0 Å². The summed E-state index contributed by atoms with van der Waals surface area (Å²) in [5.41, 5.74) is 1.57. The molecule has 0 bridgehead atoms. The lowest BCUT2D eigenvalue weighted by atomic mass is 9.83. The third kappa shape index (κ3) is 0.943. The summed E-state index contributed by atoms with van der Waals surface area (Å²) >= 11 is 0. The van der Waals surface area contributed by atoms with Crippen LogP contribution in [0.4, 0.5) is 0 Å². The molecule has 2 fully saturated rings. The highest BCUT2D eigenvalue weighted by atomic mass is 16.2. The lowest BCUT2D eigenvalue weighted by Crippen LogP contribution is -2.42. The normalized spacial score (nSPS) is 45.5. The highest BCUT2D eigenvalue weighted by Gasteiger charge is 2.53. The molecule has 2 aliphatic carbocycles. The second-order valence-corrected chi connectivity index (χ2v) is 5.17. The van der Waals surface area contributed by atoms with Gasteiger partial charge in [-0.1, -0.05) is 6.08 Å². The van der Waals surface area contributed by atoms with Crippen molar-refractivity contribution in [2.24, 2.45) is 11.8 Å². The predicted octanol–water partition coefficient (Wildman–Crippen LogP) is 2.01. The zero-order chi connectivity index (χ0) is 9.76. The minimum Gasteiger partial charge on any atom is -0.347 e. The molecule has 0 aromatic heterocycles. The summed E-state index contributed by atoms with van der Waals surface area (Å²) in [4.78, 5) is 11.4. The molecule has 1 amide bonds. The van der Waals surface area contributed by atoms with Crippen molar-refractivity contribution in [3.63, 3.8) is 0 Å². The summed E-state index contributed by atoms with van der Waals surface area (Å²) < 4.78 is 0. The van der Waals surface area contributed by atoms with E-state index in [0.717, 1.165) is 12.3 Å². The highest BCUT2D eigenvalue weighted by molar-refractivity contribution is 5.81. The summed E-state index contributed by atoms with van der Waals surface area (Å²) in [6.07, 6.45) is 8.27. The van der Waals surface area contributed by atoms with Gasteiger partial charge in [0.15, 0.2) is 0 Å². The van der Waals surface area contributed by atoms with E-state index in [1.54, 1.807) is 5.57 Å². The molecule has 1 heterocycles. The number of carbonyl (C=O) groups excluding carboxylic acids is 1. The summed E-state index contributed by atoms with van der Waals surface area (Å²) in [6, 6.07) is 0. The predicted molar refractivity (Wildman–Crippen MR) is 54.7 cm³/mol. The zero-order valence-corrected chi connectivity index (χ0v) is 8.68. The minimum absolute atomic E-state index is 0.0299. The van der Waals surface area contributed by atoms with Crippen LogP contribution in [0.15, 0.2) is 11.6 Å². The third-order valence-electron chi connectivity index (χ3n) is 4.38. The van der Waals surface area contributed by atoms with Crippen molar-refractivity contribution in [2.75, 3.05) is 0 Å². The molecule has 0 radical (unpaired) electrons. The monoisotopic (exact) mass is 191 g/mol. The largest absolute Gasteiger partial charge is 0.347 e. The number of hydrogen-bond donors (Lipinski definition) is 1. The van der Waals surface area contributed by atoms with Crippen molar-refractivity contribution in [3.05, 3.63) is 11.6 Å². The first kappa shape index (κ1) is 8.51. The molecule has 14 heavy (non-hydrogen) atoms. The minimum atomic E-state index is 0.0299. The van der Waals surface area contributed by atoms with Crippen molar-refractivity contribution < 1.29 is 4.79 Å². The van der Waals surface area contributed by atoms with Crippen molar-refractivity contribution in [1.82, 2.24) is 5.32 Å². The zero-order valence-electron chi connectivity index (χ0n) is 8.68. The fourth-order valence-electron chi connectivity index (χ4n) is 3.67. The van der Waals surface area contributed by atoms with Crippen LogP contribution in [0.2, 0.25) is 0 Å². The van der Waals surface area contributed by atoms with E-state index in [9.17, 15) is 4.79 Å². The Morgan fingerprint density at radius 1 is 1.57 bits per heavy atom. The van der Waals surface area contributed by atoms with E-state index in [4.69, 9.17) is 0 Å². The molecule has 3 rings (SSSR count). The molecular formula is C12H17NO. The quantitative estimate of drug-likeness (QED) is 0.583. The van der Waals surface area contributed by atoms with Crippen LogP contribution in [-0.4, -0.2) is 11.4 Å². The second kappa shape index (κ2) is 2.62. The fourth-order valence-corrected chi connectivity index (χ4v) is 3.67. The van der Waals surface area contributed by atoms with Gasteiger partial charge in [-0.15, -0.1) is 0 Å². The molecule has 2 heteroatoms. The molecule has 1 aliphatic heterocycles. The number of allylic oxidation sites excluding steroid dienone is 1. The van der Waals surface area contributed by atoms with Gasteiger partial charge in [0.2, 0.25) is 5.91 Å².